The Bertz CT molecular complexity index is 687. The number of hydrogen-bond acceptors (Lipinski definition) is 5. The topological polar surface area (TPSA) is 82.5 Å². The standard InChI is InChI=1S/C15H14F2N2O3S/c16-13(17)15(21,22)14-19-9-11(23-14)6-7-12(20)18-8-10-4-2-1-3-5-10/h1-7,9,13,21-22H,8H2,(H,18,20)/b7-6+. The number of amides is 1. The van der Waals surface area contributed by atoms with Gasteiger partial charge in [-0.05, 0) is 11.6 Å². The van der Waals surface area contributed by atoms with Gasteiger partial charge in [-0.1, -0.05) is 30.3 Å². The summed E-state index contributed by atoms with van der Waals surface area (Å²) < 4.78 is 24.9. The van der Waals surface area contributed by atoms with Crippen LogP contribution in [0.3, 0.4) is 0 Å². The van der Waals surface area contributed by atoms with Crippen LogP contribution in [-0.4, -0.2) is 27.5 Å². The molecule has 0 radical (unpaired) electrons. The van der Waals surface area contributed by atoms with Gasteiger partial charge in [0, 0.05) is 23.7 Å². The Balaban J connectivity index is 1.93. The third-order valence-corrected chi connectivity index (χ3v) is 3.93. The number of carbonyl (C=O) groups excluding carboxylic acids is 1. The van der Waals surface area contributed by atoms with Crippen LogP contribution in [0.1, 0.15) is 15.4 Å². The van der Waals surface area contributed by atoms with Crippen molar-refractivity contribution in [2.45, 2.75) is 18.8 Å². The summed E-state index contributed by atoms with van der Waals surface area (Å²) >= 11 is 0.667. The zero-order valence-electron chi connectivity index (χ0n) is 11.8. The highest BCUT2D eigenvalue weighted by atomic mass is 32.1. The van der Waals surface area contributed by atoms with Crippen LogP contribution >= 0.6 is 11.3 Å². The lowest BCUT2D eigenvalue weighted by molar-refractivity contribution is -0.248. The maximum atomic E-state index is 12.5. The average molecular weight is 340 g/mol. The van der Waals surface area contributed by atoms with E-state index < -0.39 is 17.2 Å². The third-order valence-electron chi connectivity index (χ3n) is 2.85. The highest BCUT2D eigenvalue weighted by Crippen LogP contribution is 2.29. The highest BCUT2D eigenvalue weighted by Gasteiger charge is 2.40. The summed E-state index contributed by atoms with van der Waals surface area (Å²) in [6.45, 7) is 0.361. The first-order valence-electron chi connectivity index (χ1n) is 6.58. The van der Waals surface area contributed by atoms with E-state index in [1.807, 2.05) is 30.3 Å². The molecule has 122 valence electrons. The molecule has 2 rings (SSSR count). The molecular weight excluding hydrogens is 326 g/mol. The number of aliphatic hydroxyl groups is 2. The average Bonchev–Trinajstić information content (AvgIpc) is 3.01. The maximum absolute atomic E-state index is 12.5. The molecule has 23 heavy (non-hydrogen) atoms. The molecule has 0 aliphatic rings. The third kappa shape index (κ3) is 4.65. The van der Waals surface area contributed by atoms with Gasteiger partial charge in [-0.25, -0.2) is 13.8 Å². The quantitative estimate of drug-likeness (QED) is 0.554. The van der Waals surface area contributed by atoms with Crippen molar-refractivity contribution in [3.05, 3.63) is 58.1 Å². The lowest BCUT2D eigenvalue weighted by Gasteiger charge is -2.16. The van der Waals surface area contributed by atoms with Crippen molar-refractivity contribution >= 4 is 23.3 Å². The Morgan fingerprint density at radius 3 is 2.70 bits per heavy atom. The van der Waals surface area contributed by atoms with Gasteiger partial charge in [0.25, 0.3) is 12.2 Å². The van der Waals surface area contributed by atoms with Crippen molar-refractivity contribution in [2.75, 3.05) is 0 Å². The molecule has 1 heterocycles. The van der Waals surface area contributed by atoms with Gasteiger partial charge in [0.15, 0.2) is 5.01 Å². The van der Waals surface area contributed by atoms with Gasteiger partial charge in [0.05, 0.1) is 0 Å². The van der Waals surface area contributed by atoms with Gasteiger partial charge >= 0.3 is 0 Å². The summed E-state index contributed by atoms with van der Waals surface area (Å²) in [7, 11) is 0. The first-order chi connectivity index (χ1) is 10.9. The molecule has 1 amide bonds. The molecule has 2 aromatic rings. The first kappa shape index (κ1) is 17.2. The molecule has 0 saturated carbocycles. The number of rotatable bonds is 6. The van der Waals surface area contributed by atoms with E-state index in [0.29, 0.717) is 22.8 Å². The van der Waals surface area contributed by atoms with Crippen molar-refractivity contribution in [1.82, 2.24) is 10.3 Å². The number of nitrogens with one attached hydrogen (secondary N) is 1. The van der Waals surface area contributed by atoms with E-state index in [-0.39, 0.29) is 5.91 Å². The Kier molecular flexibility index (Phi) is 5.54. The van der Waals surface area contributed by atoms with Crippen LogP contribution in [0.2, 0.25) is 0 Å². The molecular formula is C15H14F2N2O3S. The summed E-state index contributed by atoms with van der Waals surface area (Å²) in [5, 5.41) is 20.6. The van der Waals surface area contributed by atoms with Gasteiger partial charge in [0.1, 0.15) is 0 Å². The van der Waals surface area contributed by atoms with Crippen molar-refractivity contribution < 1.29 is 23.8 Å². The zero-order valence-corrected chi connectivity index (χ0v) is 12.6. The van der Waals surface area contributed by atoms with E-state index in [1.165, 1.54) is 18.3 Å². The molecule has 0 aliphatic carbocycles. The summed E-state index contributed by atoms with van der Waals surface area (Å²) in [4.78, 5) is 15.6. The number of alkyl halides is 2. The fraction of sp³-hybridized carbons (Fsp3) is 0.200. The maximum Gasteiger partial charge on any atom is 0.298 e. The second-order valence-corrected chi connectivity index (χ2v) is 5.69. The van der Waals surface area contributed by atoms with Crippen LogP contribution in [0.25, 0.3) is 6.08 Å². The first-order valence-corrected chi connectivity index (χ1v) is 7.40. The van der Waals surface area contributed by atoms with Gasteiger partial charge in [-0.2, -0.15) is 0 Å². The second-order valence-electron chi connectivity index (χ2n) is 4.63. The minimum Gasteiger partial charge on any atom is -0.356 e. The van der Waals surface area contributed by atoms with Crippen molar-refractivity contribution in [3.63, 3.8) is 0 Å². The fourth-order valence-corrected chi connectivity index (χ4v) is 2.44. The number of benzene rings is 1. The number of nitrogens with zero attached hydrogens (tertiary/aromatic N) is 1. The minimum absolute atomic E-state index is 0.350. The molecule has 0 unspecified atom stereocenters. The summed E-state index contributed by atoms with van der Waals surface area (Å²) in [5.74, 6) is -3.65. The molecule has 3 N–H and O–H groups in total. The highest BCUT2D eigenvalue weighted by molar-refractivity contribution is 7.12. The zero-order chi connectivity index (χ0) is 16.9. The number of aromatic nitrogens is 1. The minimum atomic E-state index is -3.38. The van der Waals surface area contributed by atoms with Crippen LogP contribution in [0, 0.1) is 0 Å². The predicted octanol–water partition coefficient (Wildman–Crippen LogP) is 1.88. The largest absolute Gasteiger partial charge is 0.356 e. The predicted molar refractivity (Wildman–Crippen MR) is 81.6 cm³/mol. The monoisotopic (exact) mass is 340 g/mol. The number of thiazole rings is 1. The van der Waals surface area contributed by atoms with E-state index >= 15 is 0 Å². The lowest BCUT2D eigenvalue weighted by atomic mass is 10.2. The van der Waals surface area contributed by atoms with E-state index in [2.05, 4.69) is 10.3 Å². The van der Waals surface area contributed by atoms with Crippen molar-refractivity contribution in [3.8, 4) is 0 Å². The molecule has 0 fully saturated rings. The van der Waals surface area contributed by atoms with E-state index in [0.717, 1.165) is 5.56 Å². The lowest BCUT2D eigenvalue weighted by Crippen LogP contribution is -2.33. The Morgan fingerprint density at radius 2 is 2.04 bits per heavy atom. The van der Waals surface area contributed by atoms with Crippen LogP contribution < -0.4 is 5.32 Å². The summed E-state index contributed by atoms with van der Waals surface area (Å²) in [6.07, 6.45) is 0.395. The van der Waals surface area contributed by atoms with Crippen molar-refractivity contribution in [1.29, 1.82) is 0 Å². The van der Waals surface area contributed by atoms with Gasteiger partial charge in [-0.15, -0.1) is 11.3 Å². The molecule has 0 bridgehead atoms. The summed E-state index contributed by atoms with van der Waals surface area (Å²) in [5.41, 5.74) is 0.941. The molecule has 5 nitrogen and oxygen atoms in total. The molecule has 0 saturated heterocycles. The Morgan fingerprint density at radius 1 is 1.35 bits per heavy atom. The number of hydrogen-bond donors (Lipinski definition) is 3. The molecule has 8 heteroatoms. The molecule has 0 atom stereocenters. The number of carbonyl (C=O) groups is 1. The van der Waals surface area contributed by atoms with Gasteiger partial charge < -0.3 is 15.5 Å². The van der Waals surface area contributed by atoms with Crippen LogP contribution in [0.4, 0.5) is 8.78 Å². The van der Waals surface area contributed by atoms with E-state index in [1.54, 1.807) is 0 Å². The second kappa shape index (κ2) is 7.40. The van der Waals surface area contributed by atoms with Crippen LogP contribution in [0.15, 0.2) is 42.6 Å². The fourth-order valence-electron chi connectivity index (χ4n) is 1.63. The normalized spacial score (nSPS) is 12.0. The Hall–Kier alpha value is -2.16. The molecule has 1 aromatic heterocycles. The van der Waals surface area contributed by atoms with E-state index in [4.69, 9.17) is 0 Å². The molecule has 0 spiro atoms. The van der Waals surface area contributed by atoms with Crippen LogP contribution in [-0.2, 0) is 17.1 Å². The van der Waals surface area contributed by atoms with E-state index in [9.17, 15) is 23.8 Å². The smallest absolute Gasteiger partial charge is 0.298 e. The van der Waals surface area contributed by atoms with Gasteiger partial charge in [-0.3, -0.25) is 4.79 Å². The van der Waals surface area contributed by atoms with Crippen molar-refractivity contribution in [2.24, 2.45) is 0 Å². The SMILES string of the molecule is O=C(/C=C/c1cnc(C(O)(O)C(F)F)s1)NCc1ccccc1. The molecule has 0 aliphatic heterocycles. The number of halogens is 2. The van der Waals surface area contributed by atoms with Gasteiger partial charge in [0.2, 0.25) is 5.91 Å². The van der Waals surface area contributed by atoms with Crippen LogP contribution in [0.5, 0.6) is 0 Å². The Labute approximate surface area is 134 Å². The summed E-state index contributed by atoms with van der Waals surface area (Å²) in [6, 6.07) is 9.32. The molecule has 1 aromatic carbocycles.